The molecule has 240 valence electrons. The number of halogens is 5. The molecule has 1 N–H and O–H groups in total. The number of hydrogen-bond donors (Lipinski definition) is 1. The number of aliphatic hydroxyl groups is 1. The molecular formula is C34H34F5NO4S. The summed E-state index contributed by atoms with van der Waals surface area (Å²) >= 11 is 0. The average molecular weight is 648 g/mol. The van der Waals surface area contributed by atoms with Crippen LogP contribution >= 0.6 is 0 Å². The molecule has 0 saturated carbocycles. The van der Waals surface area contributed by atoms with E-state index >= 15 is 4.39 Å². The van der Waals surface area contributed by atoms with Gasteiger partial charge in [0.25, 0.3) is 0 Å². The van der Waals surface area contributed by atoms with Crippen molar-refractivity contribution in [2.75, 3.05) is 32.6 Å². The molecule has 0 radical (unpaired) electrons. The summed E-state index contributed by atoms with van der Waals surface area (Å²) in [6.45, 7) is 0.0801. The van der Waals surface area contributed by atoms with Gasteiger partial charge in [0, 0.05) is 55.6 Å². The van der Waals surface area contributed by atoms with E-state index in [0.29, 0.717) is 19.0 Å². The van der Waals surface area contributed by atoms with Gasteiger partial charge < -0.3 is 9.84 Å². The maximum atomic E-state index is 15.1. The van der Waals surface area contributed by atoms with E-state index in [1.165, 1.54) is 18.2 Å². The molecule has 11 heteroatoms. The van der Waals surface area contributed by atoms with Crippen LogP contribution in [0.2, 0.25) is 0 Å². The van der Waals surface area contributed by atoms with Crippen LogP contribution in [0, 0.1) is 11.6 Å². The Balaban J connectivity index is 1.58. The van der Waals surface area contributed by atoms with Crippen molar-refractivity contribution in [2.24, 2.45) is 0 Å². The minimum atomic E-state index is -4.85. The Morgan fingerprint density at radius 2 is 1.51 bits per heavy atom. The van der Waals surface area contributed by atoms with Gasteiger partial charge >= 0.3 is 6.18 Å². The third-order valence-electron chi connectivity index (χ3n) is 7.40. The Kier molecular flexibility index (Phi) is 11.4. The summed E-state index contributed by atoms with van der Waals surface area (Å²) in [6, 6.07) is 24.7. The van der Waals surface area contributed by atoms with Crippen molar-refractivity contribution in [3.63, 3.8) is 0 Å². The van der Waals surface area contributed by atoms with Crippen molar-refractivity contribution in [2.45, 2.75) is 36.4 Å². The highest BCUT2D eigenvalue weighted by Crippen LogP contribution is 2.33. The first kappa shape index (κ1) is 34.1. The lowest BCUT2D eigenvalue weighted by atomic mass is 9.90. The predicted octanol–water partition coefficient (Wildman–Crippen LogP) is 7.03. The Morgan fingerprint density at radius 3 is 2.07 bits per heavy atom. The largest absolute Gasteiger partial charge is 0.493 e. The number of alkyl halides is 3. The molecule has 45 heavy (non-hydrogen) atoms. The molecule has 0 aliphatic carbocycles. The molecule has 0 atom stereocenters. The summed E-state index contributed by atoms with van der Waals surface area (Å²) in [5.74, 6) is -2.35. The molecule has 0 unspecified atom stereocenters. The van der Waals surface area contributed by atoms with Crippen molar-refractivity contribution >= 4 is 9.84 Å². The zero-order valence-corrected chi connectivity index (χ0v) is 25.4. The minimum Gasteiger partial charge on any atom is -0.493 e. The third kappa shape index (κ3) is 9.12. The predicted molar refractivity (Wildman–Crippen MR) is 162 cm³/mol. The number of aliphatic hydroxyl groups excluding tert-OH is 1. The lowest BCUT2D eigenvalue weighted by Gasteiger charge is -2.29. The molecule has 0 aliphatic heterocycles. The first-order valence-corrected chi connectivity index (χ1v) is 16.2. The molecule has 0 spiro atoms. The van der Waals surface area contributed by atoms with Gasteiger partial charge in [-0.2, -0.15) is 13.2 Å². The zero-order valence-electron chi connectivity index (χ0n) is 24.6. The second-order valence-electron chi connectivity index (χ2n) is 10.7. The van der Waals surface area contributed by atoms with Crippen LogP contribution in [0.1, 0.15) is 40.2 Å². The van der Waals surface area contributed by atoms with Gasteiger partial charge in [0.05, 0.1) is 17.1 Å². The summed E-state index contributed by atoms with van der Waals surface area (Å²) in [5.41, 5.74) is 0.376. The molecule has 0 saturated heterocycles. The zero-order chi connectivity index (χ0) is 32.6. The summed E-state index contributed by atoms with van der Waals surface area (Å²) in [7, 11) is -3.82. The average Bonchev–Trinajstić information content (AvgIpc) is 2.99. The molecule has 0 amide bonds. The van der Waals surface area contributed by atoms with E-state index in [1.807, 2.05) is 65.6 Å². The van der Waals surface area contributed by atoms with E-state index in [4.69, 9.17) is 4.74 Å². The van der Waals surface area contributed by atoms with Crippen molar-refractivity contribution < 1.29 is 40.2 Å². The van der Waals surface area contributed by atoms with Crippen LogP contribution in [0.4, 0.5) is 22.0 Å². The van der Waals surface area contributed by atoms with Crippen LogP contribution in [0.3, 0.4) is 0 Å². The fraction of sp³-hybridized carbons (Fsp3) is 0.294. The molecule has 4 aromatic carbocycles. The fourth-order valence-electron chi connectivity index (χ4n) is 5.26. The Hall–Kier alpha value is -3.80. The van der Waals surface area contributed by atoms with Crippen molar-refractivity contribution in [3.05, 3.63) is 130 Å². The van der Waals surface area contributed by atoms with Gasteiger partial charge in [-0.25, -0.2) is 17.2 Å². The van der Waals surface area contributed by atoms with Gasteiger partial charge in [-0.15, -0.1) is 0 Å². The Morgan fingerprint density at radius 1 is 0.889 bits per heavy atom. The van der Waals surface area contributed by atoms with Crippen LogP contribution in [0.5, 0.6) is 5.75 Å². The van der Waals surface area contributed by atoms with Gasteiger partial charge in [-0.3, -0.25) is 4.90 Å². The second-order valence-corrected chi connectivity index (χ2v) is 12.7. The third-order valence-corrected chi connectivity index (χ3v) is 8.56. The Labute approximate surface area is 259 Å². The van der Waals surface area contributed by atoms with E-state index in [9.17, 15) is 31.1 Å². The Bertz CT molecular complexity index is 1630. The monoisotopic (exact) mass is 647 g/mol. The smallest absolute Gasteiger partial charge is 0.419 e. The number of sulfone groups is 1. The first-order chi connectivity index (χ1) is 21.4. The van der Waals surface area contributed by atoms with Crippen LogP contribution in [0.15, 0.2) is 95.9 Å². The van der Waals surface area contributed by atoms with E-state index in [1.54, 1.807) is 0 Å². The first-order valence-electron chi connectivity index (χ1n) is 14.3. The summed E-state index contributed by atoms with van der Waals surface area (Å²) in [5, 5.41) is 9.24. The fourth-order valence-corrected chi connectivity index (χ4v) is 6.24. The molecule has 0 heterocycles. The van der Waals surface area contributed by atoms with Crippen LogP contribution in [0.25, 0.3) is 0 Å². The standard InChI is InChI=1S/C34H34F5NO4S/c1-45(42,43)32-21-27(20-31(35)28(32)16-18-41)44-19-9-17-40(22-26-14-8-15-30(33(26)36)34(37,38)39)23-29(24-10-4-2-5-11-24)25-12-6-3-7-13-25/h2-8,10-15,20-21,29,41H,9,16-19,22-23H2,1H3. The lowest BCUT2D eigenvalue weighted by molar-refractivity contribution is -0.140. The molecule has 5 nitrogen and oxygen atoms in total. The van der Waals surface area contributed by atoms with E-state index in [-0.39, 0.29) is 53.8 Å². The molecule has 0 aliphatic rings. The summed E-state index contributed by atoms with van der Waals surface area (Å²) in [4.78, 5) is 1.57. The van der Waals surface area contributed by atoms with Crippen molar-refractivity contribution in [3.8, 4) is 5.75 Å². The van der Waals surface area contributed by atoms with Crippen LogP contribution in [-0.2, 0) is 29.0 Å². The molecule has 0 aromatic heterocycles. The number of ether oxygens (including phenoxy) is 1. The van der Waals surface area contributed by atoms with Gasteiger partial charge in [0.2, 0.25) is 0 Å². The van der Waals surface area contributed by atoms with Gasteiger partial charge in [-0.05, 0) is 36.1 Å². The van der Waals surface area contributed by atoms with Crippen LogP contribution < -0.4 is 4.74 Å². The normalized spacial score (nSPS) is 12.2. The maximum Gasteiger partial charge on any atom is 0.419 e. The highest BCUT2D eigenvalue weighted by molar-refractivity contribution is 7.90. The molecular weight excluding hydrogens is 613 g/mol. The van der Waals surface area contributed by atoms with Gasteiger partial charge in [0.15, 0.2) is 9.84 Å². The second kappa shape index (κ2) is 15.0. The minimum absolute atomic E-state index is 0.0171. The maximum absolute atomic E-state index is 15.1. The molecule has 4 aromatic rings. The van der Waals surface area contributed by atoms with Gasteiger partial charge in [0.1, 0.15) is 17.4 Å². The summed E-state index contributed by atoms with van der Waals surface area (Å²) in [6.07, 6.45) is -3.78. The number of nitrogens with zero attached hydrogens (tertiary/aromatic N) is 1. The highest BCUT2D eigenvalue weighted by Gasteiger charge is 2.35. The van der Waals surface area contributed by atoms with E-state index in [2.05, 4.69) is 0 Å². The topological polar surface area (TPSA) is 66.8 Å². The van der Waals surface area contributed by atoms with E-state index < -0.39 is 39.8 Å². The van der Waals surface area contributed by atoms with Crippen LogP contribution in [-0.4, -0.2) is 51.0 Å². The number of rotatable bonds is 14. The van der Waals surface area contributed by atoms with E-state index in [0.717, 1.165) is 23.4 Å². The lowest BCUT2D eigenvalue weighted by Crippen LogP contribution is -2.31. The molecule has 4 rings (SSSR count). The van der Waals surface area contributed by atoms with Crippen molar-refractivity contribution in [1.82, 2.24) is 4.90 Å². The quantitative estimate of drug-likeness (QED) is 0.118. The number of hydrogen-bond acceptors (Lipinski definition) is 5. The highest BCUT2D eigenvalue weighted by atomic mass is 32.2. The van der Waals surface area contributed by atoms with Gasteiger partial charge in [-0.1, -0.05) is 72.8 Å². The SMILES string of the molecule is CS(=O)(=O)c1cc(OCCCN(Cc2cccc(C(F)(F)F)c2F)CC(c2ccccc2)c2ccccc2)cc(F)c1CCO. The van der Waals surface area contributed by atoms with Crippen molar-refractivity contribution in [1.29, 1.82) is 0 Å². The number of benzene rings is 4. The molecule has 0 bridgehead atoms. The summed E-state index contributed by atoms with van der Waals surface area (Å²) < 4.78 is 101. The molecule has 0 fully saturated rings.